The van der Waals surface area contributed by atoms with Crippen molar-refractivity contribution in [2.45, 2.75) is 25.2 Å². The van der Waals surface area contributed by atoms with E-state index in [4.69, 9.17) is 9.47 Å². The molecule has 8 heteroatoms. The summed E-state index contributed by atoms with van der Waals surface area (Å²) >= 11 is 0. The summed E-state index contributed by atoms with van der Waals surface area (Å²) in [5.74, 6) is 0.664. The van der Waals surface area contributed by atoms with Crippen molar-refractivity contribution in [1.29, 1.82) is 0 Å². The summed E-state index contributed by atoms with van der Waals surface area (Å²) in [7, 11) is -3.84. The molecule has 0 saturated heterocycles. The smallest absolute Gasteiger partial charge is 0.262 e. The predicted molar refractivity (Wildman–Crippen MR) is 123 cm³/mol. The molecule has 0 fully saturated rings. The number of benzene rings is 3. The highest BCUT2D eigenvalue weighted by molar-refractivity contribution is 7.92. The van der Waals surface area contributed by atoms with E-state index in [0.717, 1.165) is 17.5 Å². The fourth-order valence-electron chi connectivity index (χ4n) is 3.46. The van der Waals surface area contributed by atoms with Gasteiger partial charge in [0.25, 0.3) is 15.9 Å². The molecule has 3 aromatic carbocycles. The van der Waals surface area contributed by atoms with Gasteiger partial charge in [-0.1, -0.05) is 6.07 Å². The molecule has 1 aliphatic heterocycles. The Hall–Kier alpha value is -3.52. The minimum atomic E-state index is -3.84. The lowest BCUT2D eigenvalue weighted by atomic mass is 10.1. The highest BCUT2D eigenvalue weighted by atomic mass is 32.2. The van der Waals surface area contributed by atoms with Crippen LogP contribution < -0.4 is 19.5 Å². The van der Waals surface area contributed by atoms with Gasteiger partial charge in [0.1, 0.15) is 0 Å². The van der Waals surface area contributed by atoms with Gasteiger partial charge in [-0.2, -0.15) is 0 Å². The Morgan fingerprint density at radius 3 is 2.16 bits per heavy atom. The zero-order chi connectivity index (χ0) is 22.7. The number of rotatable bonds is 5. The van der Waals surface area contributed by atoms with Gasteiger partial charge in [-0.15, -0.1) is 0 Å². The standard InChI is InChI=1S/C24H24N2O5S/c1-16-12-17(2)14-20(13-16)25-24(27)18-4-6-19(7-5-18)26-32(28,29)21-8-9-22-23(15-21)31-11-3-10-30-22/h4-9,12-15,26H,3,10-11H2,1-2H3,(H,25,27). The van der Waals surface area contributed by atoms with Crippen LogP contribution in [0.2, 0.25) is 0 Å². The van der Waals surface area contributed by atoms with Crippen LogP contribution in [0.4, 0.5) is 11.4 Å². The lowest BCUT2D eigenvalue weighted by Gasteiger charge is -2.12. The molecule has 1 aliphatic rings. The third-order valence-corrected chi connectivity index (χ3v) is 6.29. The van der Waals surface area contributed by atoms with Crippen molar-refractivity contribution in [3.63, 3.8) is 0 Å². The molecular formula is C24H24N2O5S. The average Bonchev–Trinajstić information content (AvgIpc) is 2.98. The molecule has 0 bridgehead atoms. The van der Waals surface area contributed by atoms with E-state index in [9.17, 15) is 13.2 Å². The van der Waals surface area contributed by atoms with Crippen molar-refractivity contribution in [2.75, 3.05) is 23.3 Å². The maximum absolute atomic E-state index is 12.8. The summed E-state index contributed by atoms with van der Waals surface area (Å²) in [4.78, 5) is 12.6. The van der Waals surface area contributed by atoms with E-state index in [1.807, 2.05) is 32.0 Å². The first-order valence-electron chi connectivity index (χ1n) is 10.2. The predicted octanol–water partition coefficient (Wildman–Crippen LogP) is 4.52. The van der Waals surface area contributed by atoms with Crippen LogP contribution in [0, 0.1) is 13.8 Å². The van der Waals surface area contributed by atoms with Crippen molar-refractivity contribution >= 4 is 27.3 Å². The molecule has 1 heterocycles. The van der Waals surface area contributed by atoms with Crippen LogP contribution in [0.1, 0.15) is 27.9 Å². The van der Waals surface area contributed by atoms with Crippen LogP contribution in [0.25, 0.3) is 0 Å². The highest BCUT2D eigenvalue weighted by Gasteiger charge is 2.19. The molecule has 1 amide bonds. The molecule has 2 N–H and O–H groups in total. The van der Waals surface area contributed by atoms with Crippen molar-refractivity contribution in [3.05, 3.63) is 77.4 Å². The van der Waals surface area contributed by atoms with Gasteiger partial charge < -0.3 is 14.8 Å². The molecule has 7 nitrogen and oxygen atoms in total. The van der Waals surface area contributed by atoms with Crippen molar-refractivity contribution in [2.24, 2.45) is 0 Å². The second-order valence-corrected chi connectivity index (χ2v) is 9.35. The van der Waals surface area contributed by atoms with Crippen molar-refractivity contribution in [1.82, 2.24) is 0 Å². The zero-order valence-corrected chi connectivity index (χ0v) is 18.7. The van der Waals surface area contributed by atoms with Gasteiger partial charge in [0.2, 0.25) is 0 Å². The van der Waals surface area contributed by atoms with E-state index in [2.05, 4.69) is 10.0 Å². The second-order valence-electron chi connectivity index (χ2n) is 7.67. The summed E-state index contributed by atoms with van der Waals surface area (Å²) in [5, 5.41) is 2.86. The second kappa shape index (κ2) is 8.92. The van der Waals surface area contributed by atoms with Crippen LogP contribution in [-0.4, -0.2) is 27.5 Å². The van der Waals surface area contributed by atoms with Crippen LogP contribution in [0.15, 0.2) is 65.6 Å². The van der Waals surface area contributed by atoms with E-state index in [-0.39, 0.29) is 10.8 Å². The van der Waals surface area contributed by atoms with E-state index in [0.29, 0.717) is 41.7 Å². The molecule has 166 valence electrons. The third-order valence-electron chi connectivity index (χ3n) is 4.91. The summed E-state index contributed by atoms with van der Waals surface area (Å²) in [5.41, 5.74) is 3.59. The van der Waals surface area contributed by atoms with E-state index in [1.165, 1.54) is 12.1 Å². The topological polar surface area (TPSA) is 93.7 Å². The molecule has 0 atom stereocenters. The lowest BCUT2D eigenvalue weighted by Crippen LogP contribution is -2.14. The maximum Gasteiger partial charge on any atom is 0.262 e. The van der Waals surface area contributed by atoms with E-state index < -0.39 is 10.0 Å². The fraction of sp³-hybridized carbons (Fsp3) is 0.208. The normalized spacial score (nSPS) is 13.2. The Morgan fingerprint density at radius 2 is 1.47 bits per heavy atom. The number of nitrogens with one attached hydrogen (secondary N) is 2. The lowest BCUT2D eigenvalue weighted by molar-refractivity contribution is 0.102. The SMILES string of the molecule is Cc1cc(C)cc(NC(=O)c2ccc(NS(=O)(=O)c3ccc4c(c3)OCCCO4)cc2)c1. The first-order valence-corrected chi connectivity index (χ1v) is 11.7. The molecule has 0 unspecified atom stereocenters. The zero-order valence-electron chi connectivity index (χ0n) is 17.8. The molecule has 0 radical (unpaired) electrons. The number of fused-ring (bicyclic) bond motifs is 1. The monoisotopic (exact) mass is 452 g/mol. The van der Waals surface area contributed by atoms with Crippen LogP contribution in [-0.2, 0) is 10.0 Å². The number of amides is 1. The summed E-state index contributed by atoms with van der Waals surface area (Å²) in [6.07, 6.45) is 0.735. The maximum atomic E-state index is 12.8. The summed E-state index contributed by atoms with van der Waals surface area (Å²) < 4.78 is 39.3. The number of hydrogen-bond acceptors (Lipinski definition) is 5. The molecule has 0 aliphatic carbocycles. The number of aryl methyl sites for hydroxylation is 2. The van der Waals surface area contributed by atoms with E-state index in [1.54, 1.807) is 30.3 Å². The first kappa shape index (κ1) is 21.7. The Bertz CT molecular complexity index is 1230. The molecular weight excluding hydrogens is 428 g/mol. The Labute approximate surface area is 187 Å². The molecule has 32 heavy (non-hydrogen) atoms. The van der Waals surface area contributed by atoms with Gasteiger partial charge in [-0.25, -0.2) is 8.42 Å². The minimum Gasteiger partial charge on any atom is -0.490 e. The number of hydrogen-bond donors (Lipinski definition) is 2. The summed E-state index contributed by atoms with van der Waals surface area (Å²) in [6.45, 7) is 4.93. The highest BCUT2D eigenvalue weighted by Crippen LogP contribution is 2.32. The van der Waals surface area contributed by atoms with Gasteiger partial charge in [-0.05, 0) is 73.5 Å². The quantitative estimate of drug-likeness (QED) is 0.594. The van der Waals surface area contributed by atoms with Gasteiger partial charge >= 0.3 is 0 Å². The molecule has 0 spiro atoms. The molecule has 3 aromatic rings. The van der Waals surface area contributed by atoms with Crippen molar-refractivity contribution in [3.8, 4) is 11.5 Å². The number of sulfonamides is 1. The van der Waals surface area contributed by atoms with Gasteiger partial charge in [0, 0.05) is 29.4 Å². The Balaban J connectivity index is 1.47. The van der Waals surface area contributed by atoms with Gasteiger partial charge in [0.15, 0.2) is 11.5 Å². The van der Waals surface area contributed by atoms with Crippen LogP contribution in [0.5, 0.6) is 11.5 Å². The number of carbonyl (C=O) groups is 1. The first-order chi connectivity index (χ1) is 15.3. The Kier molecular flexibility index (Phi) is 6.05. The fourth-order valence-corrected chi connectivity index (χ4v) is 4.54. The number of ether oxygens (including phenoxy) is 2. The minimum absolute atomic E-state index is 0.0680. The Morgan fingerprint density at radius 1 is 0.812 bits per heavy atom. The van der Waals surface area contributed by atoms with Crippen LogP contribution in [0.3, 0.4) is 0 Å². The van der Waals surface area contributed by atoms with Gasteiger partial charge in [0.05, 0.1) is 18.1 Å². The molecule has 0 saturated carbocycles. The number of carbonyl (C=O) groups excluding carboxylic acids is 1. The average molecular weight is 453 g/mol. The largest absolute Gasteiger partial charge is 0.490 e. The summed E-state index contributed by atoms with van der Waals surface area (Å²) in [6, 6.07) is 16.6. The van der Waals surface area contributed by atoms with E-state index >= 15 is 0 Å². The number of anilines is 2. The van der Waals surface area contributed by atoms with Crippen molar-refractivity contribution < 1.29 is 22.7 Å². The van der Waals surface area contributed by atoms with Crippen LogP contribution >= 0.6 is 0 Å². The molecule has 0 aromatic heterocycles. The molecule has 4 rings (SSSR count). The third kappa shape index (κ3) is 5.03. The van der Waals surface area contributed by atoms with Gasteiger partial charge in [-0.3, -0.25) is 9.52 Å².